The Bertz CT molecular complexity index is 661. The van der Waals surface area contributed by atoms with Crippen LogP contribution in [0.5, 0.6) is 0 Å². The predicted molar refractivity (Wildman–Crippen MR) is 120 cm³/mol. The molecule has 0 aromatic heterocycles. The third kappa shape index (κ3) is 4.99. The van der Waals surface area contributed by atoms with Crippen LogP contribution in [0.15, 0.2) is 23.2 Å². The standard InChI is InChI=1S/C23H39N5/c1-18(2)28-11-7-9-21(17-28)16-25-23(24-5)27-14-12-26(13-15-27)22-10-6-8-19(3)20(22)4/h6,8,10,18,21H,7,9,11-17H2,1-5H3,(H,24,25). The van der Waals surface area contributed by atoms with Crippen molar-refractivity contribution in [3.05, 3.63) is 29.3 Å². The largest absolute Gasteiger partial charge is 0.368 e. The fourth-order valence-corrected chi connectivity index (χ4v) is 4.54. The number of rotatable bonds is 4. The van der Waals surface area contributed by atoms with Crippen molar-refractivity contribution in [1.82, 2.24) is 15.1 Å². The van der Waals surface area contributed by atoms with Crippen LogP contribution < -0.4 is 10.2 Å². The molecule has 28 heavy (non-hydrogen) atoms. The van der Waals surface area contributed by atoms with Crippen molar-refractivity contribution < 1.29 is 0 Å². The van der Waals surface area contributed by atoms with E-state index in [1.54, 1.807) is 0 Å². The number of nitrogens with zero attached hydrogens (tertiary/aromatic N) is 4. The molecular weight excluding hydrogens is 346 g/mol. The first-order valence-electron chi connectivity index (χ1n) is 11.0. The molecule has 0 amide bonds. The number of likely N-dealkylation sites (tertiary alicyclic amines) is 1. The van der Waals surface area contributed by atoms with Crippen LogP contribution in [-0.4, -0.2) is 74.7 Å². The summed E-state index contributed by atoms with van der Waals surface area (Å²) < 4.78 is 0. The molecule has 0 aliphatic carbocycles. The van der Waals surface area contributed by atoms with Gasteiger partial charge < -0.3 is 20.0 Å². The molecule has 5 heteroatoms. The van der Waals surface area contributed by atoms with Gasteiger partial charge in [-0.3, -0.25) is 4.99 Å². The number of benzene rings is 1. The van der Waals surface area contributed by atoms with Gasteiger partial charge in [-0.1, -0.05) is 12.1 Å². The Balaban J connectivity index is 1.50. The summed E-state index contributed by atoms with van der Waals surface area (Å²) in [7, 11) is 1.92. The molecular formula is C23H39N5. The molecule has 156 valence electrons. The number of guanidine groups is 1. The third-order valence-electron chi connectivity index (χ3n) is 6.54. The quantitative estimate of drug-likeness (QED) is 0.638. The molecule has 1 aromatic carbocycles. The lowest BCUT2D eigenvalue weighted by Crippen LogP contribution is -2.54. The number of hydrogen-bond donors (Lipinski definition) is 1. The van der Waals surface area contributed by atoms with Gasteiger partial charge in [0.15, 0.2) is 5.96 Å². The van der Waals surface area contributed by atoms with Gasteiger partial charge in [0.25, 0.3) is 0 Å². The molecule has 0 radical (unpaired) electrons. The number of nitrogens with one attached hydrogen (secondary N) is 1. The predicted octanol–water partition coefficient (Wildman–Crippen LogP) is 3.12. The van der Waals surface area contributed by atoms with Crippen LogP contribution in [0.25, 0.3) is 0 Å². The van der Waals surface area contributed by atoms with Gasteiger partial charge in [0, 0.05) is 58.0 Å². The van der Waals surface area contributed by atoms with Crippen LogP contribution in [0.4, 0.5) is 5.69 Å². The summed E-state index contributed by atoms with van der Waals surface area (Å²) >= 11 is 0. The van der Waals surface area contributed by atoms with Crippen LogP contribution in [0.1, 0.15) is 37.8 Å². The Kier molecular flexibility index (Phi) is 7.22. The van der Waals surface area contributed by atoms with Crippen LogP contribution in [0.2, 0.25) is 0 Å². The first-order chi connectivity index (χ1) is 13.5. The molecule has 2 heterocycles. The molecule has 5 nitrogen and oxygen atoms in total. The van der Waals surface area contributed by atoms with Gasteiger partial charge in [0.2, 0.25) is 0 Å². The molecule has 3 rings (SSSR count). The Morgan fingerprint density at radius 2 is 1.89 bits per heavy atom. The fourth-order valence-electron chi connectivity index (χ4n) is 4.54. The van der Waals surface area contributed by atoms with E-state index in [0.29, 0.717) is 6.04 Å². The summed E-state index contributed by atoms with van der Waals surface area (Å²) in [5.74, 6) is 1.80. The molecule has 0 bridgehead atoms. The molecule has 1 unspecified atom stereocenters. The molecule has 1 aromatic rings. The van der Waals surface area contributed by atoms with Crippen molar-refractivity contribution >= 4 is 11.6 Å². The highest BCUT2D eigenvalue weighted by atomic mass is 15.3. The Morgan fingerprint density at radius 1 is 1.14 bits per heavy atom. The highest BCUT2D eigenvalue weighted by Gasteiger charge is 2.24. The van der Waals surface area contributed by atoms with Crippen LogP contribution >= 0.6 is 0 Å². The molecule has 0 saturated carbocycles. The lowest BCUT2D eigenvalue weighted by molar-refractivity contribution is 0.140. The summed E-state index contributed by atoms with van der Waals surface area (Å²) in [5, 5.41) is 3.67. The minimum atomic E-state index is 0.653. The van der Waals surface area contributed by atoms with E-state index in [4.69, 9.17) is 0 Å². The normalized spacial score (nSPS) is 22.1. The van der Waals surface area contributed by atoms with Crippen LogP contribution in [-0.2, 0) is 0 Å². The van der Waals surface area contributed by atoms with Crippen molar-refractivity contribution in [2.75, 3.05) is 57.8 Å². The third-order valence-corrected chi connectivity index (χ3v) is 6.54. The van der Waals surface area contributed by atoms with Crippen LogP contribution in [0, 0.1) is 19.8 Å². The summed E-state index contributed by atoms with van der Waals surface area (Å²) in [6.45, 7) is 16.7. The van der Waals surface area contributed by atoms with Gasteiger partial charge in [0.05, 0.1) is 0 Å². The van der Waals surface area contributed by atoms with E-state index in [1.807, 2.05) is 7.05 Å². The Morgan fingerprint density at radius 3 is 2.57 bits per heavy atom. The molecule has 1 N–H and O–H groups in total. The second kappa shape index (κ2) is 9.64. The Hall–Kier alpha value is -1.75. The van der Waals surface area contributed by atoms with Crippen molar-refractivity contribution in [1.29, 1.82) is 0 Å². The van der Waals surface area contributed by atoms with E-state index < -0.39 is 0 Å². The van der Waals surface area contributed by atoms with Crippen molar-refractivity contribution in [3.8, 4) is 0 Å². The zero-order chi connectivity index (χ0) is 20.1. The molecule has 2 fully saturated rings. The van der Waals surface area contributed by atoms with Gasteiger partial charge in [-0.05, 0) is 70.2 Å². The van der Waals surface area contributed by atoms with Crippen molar-refractivity contribution in [2.45, 2.75) is 46.6 Å². The number of piperazine rings is 1. The van der Waals surface area contributed by atoms with Crippen molar-refractivity contribution in [3.63, 3.8) is 0 Å². The summed E-state index contributed by atoms with van der Waals surface area (Å²) in [6, 6.07) is 7.29. The zero-order valence-electron chi connectivity index (χ0n) is 18.5. The van der Waals surface area contributed by atoms with Gasteiger partial charge in [0.1, 0.15) is 0 Å². The van der Waals surface area contributed by atoms with E-state index >= 15 is 0 Å². The molecule has 2 aliphatic rings. The van der Waals surface area contributed by atoms with E-state index in [-0.39, 0.29) is 0 Å². The minimum Gasteiger partial charge on any atom is -0.368 e. The minimum absolute atomic E-state index is 0.653. The lowest BCUT2D eigenvalue weighted by atomic mass is 9.97. The van der Waals surface area contributed by atoms with Crippen molar-refractivity contribution in [2.24, 2.45) is 10.9 Å². The monoisotopic (exact) mass is 385 g/mol. The lowest BCUT2D eigenvalue weighted by Gasteiger charge is -2.39. The summed E-state index contributed by atoms with van der Waals surface area (Å²) in [5.41, 5.74) is 4.17. The first kappa shape index (κ1) is 21.0. The maximum atomic E-state index is 4.58. The van der Waals surface area contributed by atoms with E-state index in [0.717, 1.165) is 44.6 Å². The number of aliphatic imine (C=N–C) groups is 1. The van der Waals surface area contributed by atoms with Gasteiger partial charge in [-0.2, -0.15) is 0 Å². The van der Waals surface area contributed by atoms with E-state index in [1.165, 1.54) is 42.7 Å². The topological polar surface area (TPSA) is 34.1 Å². The maximum absolute atomic E-state index is 4.58. The second-order valence-electron chi connectivity index (χ2n) is 8.72. The fraction of sp³-hybridized carbons (Fsp3) is 0.696. The second-order valence-corrected chi connectivity index (χ2v) is 8.72. The smallest absolute Gasteiger partial charge is 0.193 e. The maximum Gasteiger partial charge on any atom is 0.193 e. The highest BCUT2D eigenvalue weighted by molar-refractivity contribution is 5.80. The highest BCUT2D eigenvalue weighted by Crippen LogP contribution is 2.24. The number of piperidine rings is 1. The van der Waals surface area contributed by atoms with Crippen LogP contribution in [0.3, 0.4) is 0 Å². The van der Waals surface area contributed by atoms with E-state index in [9.17, 15) is 0 Å². The average Bonchev–Trinajstić information content (AvgIpc) is 2.71. The van der Waals surface area contributed by atoms with E-state index in [2.05, 4.69) is 70.9 Å². The molecule has 1 atom stereocenters. The molecule has 2 saturated heterocycles. The zero-order valence-corrected chi connectivity index (χ0v) is 18.5. The molecule has 2 aliphatic heterocycles. The first-order valence-corrected chi connectivity index (χ1v) is 11.0. The number of anilines is 1. The SMILES string of the molecule is CN=C(NCC1CCCN(C(C)C)C1)N1CCN(c2cccc(C)c2C)CC1. The van der Waals surface area contributed by atoms with Gasteiger partial charge >= 0.3 is 0 Å². The molecule has 0 spiro atoms. The summed E-state index contributed by atoms with van der Waals surface area (Å²) in [6.07, 6.45) is 2.64. The Labute approximate surface area is 171 Å². The number of aryl methyl sites for hydroxylation is 1. The average molecular weight is 386 g/mol. The van der Waals surface area contributed by atoms with Gasteiger partial charge in [-0.25, -0.2) is 0 Å². The van der Waals surface area contributed by atoms with Gasteiger partial charge in [-0.15, -0.1) is 0 Å². The number of hydrogen-bond acceptors (Lipinski definition) is 3. The summed E-state index contributed by atoms with van der Waals surface area (Å²) in [4.78, 5) is 12.1.